The molecule has 7 heteroatoms. The topological polar surface area (TPSA) is 78.7 Å². The predicted molar refractivity (Wildman–Crippen MR) is 120 cm³/mol. The number of carbonyl (C=O) groups excluding carboxylic acids is 1. The molecule has 0 bridgehead atoms. The second-order valence-corrected chi connectivity index (χ2v) is 9.14. The summed E-state index contributed by atoms with van der Waals surface area (Å²) >= 11 is 0. The van der Waals surface area contributed by atoms with Gasteiger partial charge < -0.3 is 14.9 Å². The van der Waals surface area contributed by atoms with Gasteiger partial charge in [0.15, 0.2) is 0 Å². The molecule has 31 heavy (non-hydrogen) atoms. The molecular formula is C24H28N4O3. The van der Waals surface area contributed by atoms with Crippen molar-refractivity contribution in [3.63, 3.8) is 0 Å². The van der Waals surface area contributed by atoms with Crippen molar-refractivity contribution < 1.29 is 14.7 Å². The number of carbonyl (C=O) groups is 2. The van der Waals surface area contributed by atoms with E-state index in [0.717, 1.165) is 22.5 Å². The van der Waals surface area contributed by atoms with Gasteiger partial charge in [0.2, 0.25) is 0 Å². The second-order valence-electron chi connectivity index (χ2n) is 9.14. The summed E-state index contributed by atoms with van der Waals surface area (Å²) in [7, 11) is 0. The van der Waals surface area contributed by atoms with Crippen molar-refractivity contribution >= 4 is 23.0 Å². The maximum atomic E-state index is 13.2. The monoisotopic (exact) mass is 420 g/mol. The van der Waals surface area contributed by atoms with Crippen LogP contribution in [0, 0.1) is 12.3 Å². The molecular weight excluding hydrogens is 392 g/mol. The van der Waals surface area contributed by atoms with Crippen LogP contribution in [0.3, 0.4) is 0 Å². The Morgan fingerprint density at radius 1 is 1.03 bits per heavy atom. The van der Waals surface area contributed by atoms with Crippen LogP contribution in [0.25, 0.3) is 16.7 Å². The first-order valence-electron chi connectivity index (χ1n) is 10.5. The molecule has 2 amide bonds. The highest BCUT2D eigenvalue weighted by Gasteiger charge is 2.39. The zero-order valence-corrected chi connectivity index (χ0v) is 18.4. The number of piperazine rings is 1. The number of rotatable bonds is 2. The van der Waals surface area contributed by atoms with Crippen molar-refractivity contribution in [3.8, 4) is 5.69 Å². The number of hydrogen-bond donors (Lipinski definition) is 1. The van der Waals surface area contributed by atoms with Gasteiger partial charge in [-0.15, -0.1) is 0 Å². The molecule has 1 aromatic heterocycles. The fourth-order valence-electron chi connectivity index (χ4n) is 4.35. The van der Waals surface area contributed by atoms with E-state index in [1.807, 2.05) is 76.2 Å². The van der Waals surface area contributed by atoms with Crippen molar-refractivity contribution in [2.24, 2.45) is 5.41 Å². The third-order valence-electron chi connectivity index (χ3n) is 6.01. The lowest BCUT2D eigenvalue weighted by Crippen LogP contribution is -2.60. The van der Waals surface area contributed by atoms with Gasteiger partial charge in [0, 0.05) is 30.9 Å². The SMILES string of the molecule is Cc1nc2ccccc2n1-c1ccc(C(=O)N2CCN(C(=O)O)C(C(C)(C)C)C2)cc1. The van der Waals surface area contributed by atoms with E-state index >= 15 is 0 Å². The Kier molecular flexibility index (Phi) is 5.21. The number of hydrogen-bond acceptors (Lipinski definition) is 3. The van der Waals surface area contributed by atoms with Crippen LogP contribution in [0.2, 0.25) is 0 Å². The third kappa shape index (κ3) is 3.87. The number of fused-ring (bicyclic) bond motifs is 1. The minimum Gasteiger partial charge on any atom is -0.465 e. The van der Waals surface area contributed by atoms with Gasteiger partial charge in [0.25, 0.3) is 5.91 Å². The molecule has 1 fully saturated rings. The summed E-state index contributed by atoms with van der Waals surface area (Å²) in [5.41, 5.74) is 3.25. The van der Waals surface area contributed by atoms with Crippen LogP contribution in [-0.2, 0) is 0 Å². The van der Waals surface area contributed by atoms with E-state index in [4.69, 9.17) is 0 Å². The van der Waals surface area contributed by atoms with Crippen molar-refractivity contribution in [2.75, 3.05) is 19.6 Å². The molecule has 1 N–H and O–H groups in total. The van der Waals surface area contributed by atoms with Gasteiger partial charge in [-0.1, -0.05) is 32.9 Å². The molecule has 1 atom stereocenters. The van der Waals surface area contributed by atoms with Gasteiger partial charge in [0.1, 0.15) is 5.82 Å². The number of aryl methyl sites for hydroxylation is 1. The van der Waals surface area contributed by atoms with Gasteiger partial charge in [-0.25, -0.2) is 9.78 Å². The summed E-state index contributed by atoms with van der Waals surface area (Å²) < 4.78 is 2.07. The van der Waals surface area contributed by atoms with Crippen molar-refractivity contribution in [2.45, 2.75) is 33.7 Å². The van der Waals surface area contributed by atoms with Gasteiger partial charge in [-0.05, 0) is 48.7 Å². The first-order chi connectivity index (χ1) is 14.7. The summed E-state index contributed by atoms with van der Waals surface area (Å²) in [6, 6.07) is 15.3. The molecule has 1 saturated heterocycles. The van der Waals surface area contributed by atoms with Crippen LogP contribution in [0.4, 0.5) is 4.79 Å². The summed E-state index contributed by atoms with van der Waals surface area (Å²) in [4.78, 5) is 32.6. The van der Waals surface area contributed by atoms with Gasteiger partial charge in [0.05, 0.1) is 17.1 Å². The highest BCUT2D eigenvalue weighted by Crippen LogP contribution is 2.29. The zero-order chi connectivity index (χ0) is 22.3. The number of carboxylic acid groups (broad SMARTS) is 1. The van der Waals surface area contributed by atoms with Crippen LogP contribution in [0.15, 0.2) is 48.5 Å². The van der Waals surface area contributed by atoms with Crippen LogP contribution in [0.5, 0.6) is 0 Å². The largest absolute Gasteiger partial charge is 0.465 e. The Bertz CT molecular complexity index is 1130. The Morgan fingerprint density at radius 2 is 1.71 bits per heavy atom. The summed E-state index contributed by atoms with van der Waals surface area (Å²) in [5, 5.41) is 9.55. The fourth-order valence-corrected chi connectivity index (χ4v) is 4.35. The molecule has 2 heterocycles. The summed E-state index contributed by atoms with van der Waals surface area (Å²) in [6.45, 7) is 9.10. The first-order valence-corrected chi connectivity index (χ1v) is 10.5. The number of benzene rings is 2. The highest BCUT2D eigenvalue weighted by atomic mass is 16.4. The van der Waals surface area contributed by atoms with E-state index in [-0.39, 0.29) is 17.4 Å². The molecule has 0 radical (unpaired) electrons. The van der Waals surface area contributed by atoms with Crippen LogP contribution >= 0.6 is 0 Å². The molecule has 1 unspecified atom stereocenters. The minimum atomic E-state index is -0.931. The molecule has 1 aliphatic rings. The second kappa shape index (κ2) is 7.72. The Balaban J connectivity index is 1.57. The van der Waals surface area contributed by atoms with Crippen LogP contribution in [-0.4, -0.2) is 62.1 Å². The average molecular weight is 421 g/mol. The molecule has 0 aliphatic carbocycles. The quantitative estimate of drug-likeness (QED) is 0.674. The van der Waals surface area contributed by atoms with Gasteiger partial charge in [-0.2, -0.15) is 0 Å². The summed E-state index contributed by atoms with van der Waals surface area (Å²) in [5.74, 6) is 0.816. The smallest absolute Gasteiger partial charge is 0.407 e. The third-order valence-corrected chi connectivity index (χ3v) is 6.01. The van der Waals surface area contributed by atoms with Crippen LogP contribution < -0.4 is 0 Å². The normalized spacial score (nSPS) is 17.2. The lowest BCUT2D eigenvalue weighted by atomic mass is 9.84. The Hall–Kier alpha value is -3.35. The molecule has 0 saturated carbocycles. The van der Waals surface area contributed by atoms with Crippen molar-refractivity contribution in [3.05, 3.63) is 59.9 Å². The van der Waals surface area contributed by atoms with Gasteiger partial charge in [-0.3, -0.25) is 9.36 Å². The first kappa shape index (κ1) is 20.9. The maximum Gasteiger partial charge on any atom is 0.407 e. The molecule has 7 nitrogen and oxygen atoms in total. The van der Waals surface area contributed by atoms with E-state index in [9.17, 15) is 14.7 Å². The van der Waals surface area contributed by atoms with E-state index in [2.05, 4.69) is 9.55 Å². The predicted octanol–water partition coefficient (Wildman–Crippen LogP) is 4.18. The molecule has 3 aromatic rings. The minimum absolute atomic E-state index is 0.0713. The number of para-hydroxylation sites is 2. The molecule has 162 valence electrons. The lowest BCUT2D eigenvalue weighted by molar-refractivity contribution is 0.0198. The number of aromatic nitrogens is 2. The Labute approximate surface area is 181 Å². The Morgan fingerprint density at radius 3 is 2.35 bits per heavy atom. The van der Waals surface area contributed by atoms with E-state index < -0.39 is 6.09 Å². The van der Waals surface area contributed by atoms with Crippen molar-refractivity contribution in [1.82, 2.24) is 19.4 Å². The number of amides is 2. The van der Waals surface area contributed by atoms with Gasteiger partial charge >= 0.3 is 6.09 Å². The van der Waals surface area contributed by atoms with Crippen molar-refractivity contribution in [1.29, 1.82) is 0 Å². The highest BCUT2D eigenvalue weighted by molar-refractivity contribution is 5.94. The van der Waals surface area contributed by atoms with E-state index in [1.165, 1.54) is 4.90 Å². The summed E-state index contributed by atoms with van der Waals surface area (Å²) in [6.07, 6.45) is -0.931. The maximum absolute atomic E-state index is 13.2. The number of nitrogens with zero attached hydrogens (tertiary/aromatic N) is 4. The number of imidazole rings is 1. The average Bonchev–Trinajstić information content (AvgIpc) is 3.08. The standard InChI is InChI=1S/C24H28N4O3/c1-16-25-19-7-5-6-8-20(19)28(16)18-11-9-17(10-12-18)22(29)26-13-14-27(23(30)31)21(15-26)24(2,3)4/h5-12,21H,13-15H2,1-4H3,(H,30,31). The van der Waals surface area contributed by atoms with Crippen LogP contribution in [0.1, 0.15) is 37.0 Å². The van der Waals surface area contributed by atoms with E-state index in [0.29, 0.717) is 25.2 Å². The zero-order valence-electron chi connectivity index (χ0n) is 18.4. The lowest BCUT2D eigenvalue weighted by Gasteiger charge is -2.45. The molecule has 1 aliphatic heterocycles. The molecule has 0 spiro atoms. The molecule has 4 rings (SSSR count). The molecule has 2 aromatic carbocycles. The van der Waals surface area contributed by atoms with E-state index in [1.54, 1.807) is 4.90 Å². The fraction of sp³-hybridized carbons (Fsp3) is 0.375.